The predicted molar refractivity (Wildman–Crippen MR) is 166 cm³/mol. The second kappa shape index (κ2) is 14.9. The van der Waals surface area contributed by atoms with Gasteiger partial charge in [-0.05, 0) is 77.7 Å². The Morgan fingerprint density at radius 2 is 1.73 bits per heavy atom. The second-order valence-corrected chi connectivity index (χ2v) is 15.9. The first-order chi connectivity index (χ1) is 18.9. The van der Waals surface area contributed by atoms with Gasteiger partial charge in [-0.15, -0.1) is 0 Å². The van der Waals surface area contributed by atoms with Crippen LogP contribution in [-0.2, 0) is 13.9 Å². The number of carbonyl (C=O) groups is 2. The van der Waals surface area contributed by atoms with E-state index >= 15 is 0 Å². The fraction of sp³-hybridized carbons (Fsp3) is 0.750. The molecule has 3 atom stereocenters. The molecule has 233 valence electrons. The Balaban J connectivity index is 2.38. The van der Waals surface area contributed by atoms with E-state index in [1.165, 1.54) is 0 Å². The normalized spacial score (nSPS) is 18.6. The first kappa shape index (κ1) is 35.1. The highest BCUT2D eigenvalue weighted by molar-refractivity contribution is 6.48. The van der Waals surface area contributed by atoms with Gasteiger partial charge in [0.05, 0.1) is 12.7 Å². The summed E-state index contributed by atoms with van der Waals surface area (Å²) in [5, 5.41) is 0. The van der Waals surface area contributed by atoms with E-state index < -0.39 is 14.6 Å². The molecule has 0 aliphatic carbocycles. The highest BCUT2D eigenvalue weighted by Gasteiger charge is 2.46. The number of hydrogen-bond acceptors (Lipinski definition) is 6. The van der Waals surface area contributed by atoms with Crippen LogP contribution < -0.4 is 4.74 Å². The lowest BCUT2D eigenvalue weighted by Gasteiger charge is -2.40. The molecule has 1 radical (unpaired) electrons. The molecule has 1 aliphatic heterocycles. The van der Waals surface area contributed by atoms with E-state index in [2.05, 4.69) is 33.9 Å². The second-order valence-electron chi connectivity index (χ2n) is 13.8. The Morgan fingerprint density at radius 3 is 2.27 bits per heavy atom. The lowest BCUT2D eigenvalue weighted by molar-refractivity contribution is 0.00989. The highest BCUT2D eigenvalue weighted by Crippen LogP contribution is 2.38. The van der Waals surface area contributed by atoms with E-state index in [1.54, 1.807) is 12.0 Å². The first-order valence-electron chi connectivity index (χ1n) is 14.9. The van der Waals surface area contributed by atoms with Crippen LogP contribution in [0, 0.1) is 24.2 Å². The average Bonchev–Trinajstić information content (AvgIpc) is 3.26. The summed E-state index contributed by atoms with van der Waals surface area (Å²) in [6, 6.07) is 5.63. The molecular formula is C32H55N2O6Si. The van der Waals surface area contributed by atoms with Crippen molar-refractivity contribution in [1.29, 1.82) is 0 Å². The van der Waals surface area contributed by atoms with E-state index in [4.69, 9.17) is 18.6 Å². The predicted octanol–water partition coefficient (Wildman–Crippen LogP) is 6.43. The van der Waals surface area contributed by atoms with Gasteiger partial charge in [0.2, 0.25) is 9.04 Å². The summed E-state index contributed by atoms with van der Waals surface area (Å²) in [5.74, 6) is 0.774. The van der Waals surface area contributed by atoms with E-state index in [9.17, 15) is 9.59 Å². The van der Waals surface area contributed by atoms with E-state index in [1.807, 2.05) is 64.6 Å². The van der Waals surface area contributed by atoms with Crippen LogP contribution in [0.2, 0.25) is 13.1 Å². The number of benzene rings is 1. The molecule has 1 saturated heterocycles. The molecule has 0 spiro atoms. The maximum absolute atomic E-state index is 14.0. The Bertz CT molecular complexity index is 1000. The van der Waals surface area contributed by atoms with E-state index in [0.29, 0.717) is 44.2 Å². The molecule has 0 N–H and O–H groups in total. The largest absolute Gasteiger partial charge is 0.493 e. The van der Waals surface area contributed by atoms with Crippen molar-refractivity contribution in [2.45, 2.75) is 99.6 Å². The summed E-state index contributed by atoms with van der Waals surface area (Å²) in [7, 11) is 0.672. The Morgan fingerprint density at radius 1 is 1.07 bits per heavy atom. The number of aryl methyl sites for hydroxylation is 1. The lowest BCUT2D eigenvalue weighted by Crippen LogP contribution is -2.47. The number of methoxy groups -OCH3 is 1. The SMILES string of the molecule is COCCCOc1cc(C(=O)N(C[C@@H]2CN(C(=O)OC(C)(C)C)C[C@H]2C(O[Si](C)C)C(C)(C)C)C(C)C)ccc1C. The number of amides is 2. The summed E-state index contributed by atoms with van der Waals surface area (Å²) < 4.78 is 23.5. The average molecular weight is 592 g/mol. The Labute approximate surface area is 250 Å². The van der Waals surface area contributed by atoms with Crippen LogP contribution >= 0.6 is 0 Å². The van der Waals surface area contributed by atoms with Gasteiger partial charge >= 0.3 is 6.09 Å². The molecule has 2 amide bonds. The lowest BCUT2D eigenvalue weighted by atomic mass is 9.77. The Hall–Kier alpha value is -2.10. The third kappa shape index (κ3) is 10.6. The number of likely N-dealkylation sites (tertiary alicyclic amines) is 1. The number of nitrogens with zero attached hydrogens (tertiary/aromatic N) is 2. The van der Waals surface area contributed by atoms with Gasteiger partial charge in [-0.1, -0.05) is 26.8 Å². The minimum absolute atomic E-state index is 0.0305. The molecule has 1 aliphatic rings. The summed E-state index contributed by atoms with van der Waals surface area (Å²) in [5.41, 5.74) is 0.872. The van der Waals surface area contributed by atoms with E-state index in [-0.39, 0.29) is 41.4 Å². The molecule has 1 heterocycles. The van der Waals surface area contributed by atoms with Crippen molar-refractivity contribution in [3.8, 4) is 5.75 Å². The van der Waals surface area contributed by atoms with Crippen molar-refractivity contribution in [2.24, 2.45) is 17.3 Å². The summed E-state index contributed by atoms with van der Waals surface area (Å²) >= 11 is 0. The zero-order valence-electron chi connectivity index (χ0n) is 27.6. The topological polar surface area (TPSA) is 77.5 Å². The molecule has 0 bridgehead atoms. The summed E-state index contributed by atoms with van der Waals surface area (Å²) in [4.78, 5) is 30.9. The zero-order chi connectivity index (χ0) is 31.1. The van der Waals surface area contributed by atoms with Crippen LogP contribution in [0.5, 0.6) is 5.75 Å². The summed E-state index contributed by atoms with van der Waals surface area (Å²) in [6.07, 6.45) is 0.408. The van der Waals surface area contributed by atoms with Crippen molar-refractivity contribution in [1.82, 2.24) is 9.80 Å². The van der Waals surface area contributed by atoms with Gasteiger partial charge in [-0.3, -0.25) is 4.79 Å². The fourth-order valence-electron chi connectivity index (χ4n) is 5.29. The molecule has 41 heavy (non-hydrogen) atoms. The Kier molecular flexibility index (Phi) is 12.7. The van der Waals surface area contributed by atoms with Gasteiger partial charge in [0.15, 0.2) is 0 Å². The number of ether oxygens (including phenoxy) is 3. The molecule has 0 aromatic heterocycles. The molecule has 2 rings (SSSR count). The molecule has 1 fully saturated rings. The van der Waals surface area contributed by atoms with Gasteiger partial charge in [0.25, 0.3) is 5.91 Å². The maximum atomic E-state index is 14.0. The molecule has 0 saturated carbocycles. The maximum Gasteiger partial charge on any atom is 0.410 e. The van der Waals surface area contributed by atoms with Crippen LogP contribution in [0.15, 0.2) is 18.2 Å². The summed E-state index contributed by atoms with van der Waals surface area (Å²) in [6.45, 7) is 25.3. The molecule has 9 heteroatoms. The first-order valence-corrected chi connectivity index (χ1v) is 17.3. The van der Waals surface area contributed by atoms with Crippen LogP contribution in [0.25, 0.3) is 0 Å². The van der Waals surface area contributed by atoms with E-state index in [0.717, 1.165) is 12.0 Å². The molecular weight excluding hydrogens is 536 g/mol. The molecule has 1 unspecified atom stereocenters. The number of hydrogen-bond donors (Lipinski definition) is 0. The minimum atomic E-state index is -1.00. The third-order valence-corrected chi connectivity index (χ3v) is 7.97. The fourth-order valence-corrected chi connectivity index (χ4v) is 6.33. The smallest absolute Gasteiger partial charge is 0.410 e. The van der Waals surface area contributed by atoms with Crippen LogP contribution in [-0.4, -0.2) is 88.5 Å². The zero-order valence-corrected chi connectivity index (χ0v) is 28.6. The van der Waals surface area contributed by atoms with Gasteiger partial charge < -0.3 is 28.4 Å². The monoisotopic (exact) mass is 591 g/mol. The van der Waals surface area contributed by atoms with Crippen molar-refractivity contribution in [3.63, 3.8) is 0 Å². The van der Waals surface area contributed by atoms with Crippen molar-refractivity contribution in [3.05, 3.63) is 29.3 Å². The van der Waals surface area contributed by atoms with Crippen molar-refractivity contribution < 1.29 is 28.2 Å². The van der Waals surface area contributed by atoms with Crippen LogP contribution in [0.1, 0.15) is 77.7 Å². The quantitative estimate of drug-likeness (QED) is 0.206. The third-order valence-electron chi connectivity index (χ3n) is 7.25. The van der Waals surface area contributed by atoms with Crippen LogP contribution in [0.4, 0.5) is 4.79 Å². The molecule has 1 aromatic carbocycles. The van der Waals surface area contributed by atoms with Crippen molar-refractivity contribution >= 4 is 21.0 Å². The molecule has 1 aromatic rings. The molecule has 8 nitrogen and oxygen atoms in total. The van der Waals surface area contributed by atoms with Gasteiger partial charge in [0, 0.05) is 63.2 Å². The minimum Gasteiger partial charge on any atom is -0.493 e. The van der Waals surface area contributed by atoms with Crippen molar-refractivity contribution in [2.75, 3.05) is 40.0 Å². The van der Waals surface area contributed by atoms with Gasteiger partial charge in [-0.2, -0.15) is 0 Å². The van der Waals surface area contributed by atoms with Gasteiger partial charge in [-0.25, -0.2) is 4.79 Å². The highest BCUT2D eigenvalue weighted by atomic mass is 28.3. The number of carbonyl (C=O) groups excluding carboxylic acids is 2. The van der Waals surface area contributed by atoms with Crippen LogP contribution in [0.3, 0.4) is 0 Å². The standard InChI is InChI=1S/C32H55N2O6Si/c1-22(2)34(29(35)24-15-14-23(3)27(18-24)38-17-13-16-37-10)20-25-19-33(30(36)39-32(7,8)9)21-26(25)28(31(4,5)6)40-41(11)12/h14-15,18,22,25-26,28H,13,16-17,19-21H2,1-12H3/t25-,26+,28?/m0/s1. The number of rotatable bonds is 12. The van der Waals surface area contributed by atoms with Gasteiger partial charge in [0.1, 0.15) is 11.4 Å².